The molecule has 84 valence electrons. The number of aliphatic hydroxyl groups excluding tert-OH is 1. The second-order valence-electron chi connectivity index (χ2n) is 3.63. The molecule has 1 heteroatoms. The normalized spacial score (nSPS) is 13.0. The standard InChI is InChI=1S/C11H14.C2H4.CH4O/c1-9-2-4-10(5-3-9)8-11-6-7-11;2*1-2/h2-5,11H,6-8H2,1H3;1-2H2;2H,1H3. The van der Waals surface area contributed by atoms with Crippen LogP contribution in [0.4, 0.5) is 0 Å². The SMILES string of the molecule is C=C.CO.Cc1ccc(CC2CC2)cc1. The summed E-state index contributed by atoms with van der Waals surface area (Å²) in [6, 6.07) is 8.93. The summed E-state index contributed by atoms with van der Waals surface area (Å²) in [6.07, 6.45) is 4.21. The van der Waals surface area contributed by atoms with Crippen molar-refractivity contribution in [3.63, 3.8) is 0 Å². The average Bonchev–Trinajstić information content (AvgIpc) is 3.11. The van der Waals surface area contributed by atoms with Crippen LogP contribution in [0.5, 0.6) is 0 Å². The van der Waals surface area contributed by atoms with Crippen molar-refractivity contribution >= 4 is 0 Å². The van der Waals surface area contributed by atoms with Crippen LogP contribution < -0.4 is 0 Å². The Hall–Kier alpha value is -1.08. The number of rotatable bonds is 2. The summed E-state index contributed by atoms with van der Waals surface area (Å²) < 4.78 is 0. The Bertz CT molecular complexity index is 247. The van der Waals surface area contributed by atoms with Crippen molar-refractivity contribution in [1.29, 1.82) is 0 Å². The lowest BCUT2D eigenvalue weighted by molar-refractivity contribution is 0.399. The topological polar surface area (TPSA) is 20.2 Å². The summed E-state index contributed by atoms with van der Waals surface area (Å²) in [5.41, 5.74) is 2.88. The molecule has 0 bridgehead atoms. The van der Waals surface area contributed by atoms with Gasteiger partial charge in [-0.05, 0) is 37.7 Å². The minimum absolute atomic E-state index is 1.00. The van der Waals surface area contributed by atoms with E-state index in [1.807, 2.05) is 0 Å². The van der Waals surface area contributed by atoms with Gasteiger partial charge in [0.1, 0.15) is 0 Å². The van der Waals surface area contributed by atoms with Crippen LogP contribution in [-0.4, -0.2) is 12.2 Å². The number of aryl methyl sites for hydroxylation is 1. The molecule has 0 unspecified atom stereocenters. The zero-order valence-corrected chi connectivity index (χ0v) is 9.87. The predicted octanol–water partition coefficient (Wildman–Crippen LogP) is 3.36. The fraction of sp³-hybridized carbons (Fsp3) is 0.429. The van der Waals surface area contributed by atoms with Crippen LogP contribution in [-0.2, 0) is 6.42 Å². The first-order chi connectivity index (χ1) is 7.34. The maximum atomic E-state index is 7.00. The van der Waals surface area contributed by atoms with Gasteiger partial charge in [0.05, 0.1) is 0 Å². The van der Waals surface area contributed by atoms with Crippen LogP contribution in [0.2, 0.25) is 0 Å². The molecule has 2 rings (SSSR count). The Morgan fingerprint density at radius 3 is 2.00 bits per heavy atom. The lowest BCUT2D eigenvalue weighted by atomic mass is 10.1. The van der Waals surface area contributed by atoms with E-state index in [1.54, 1.807) is 0 Å². The molecule has 1 nitrogen and oxygen atoms in total. The summed E-state index contributed by atoms with van der Waals surface area (Å²) in [5.74, 6) is 1.01. The third-order valence-corrected chi connectivity index (χ3v) is 2.34. The Labute approximate surface area is 93.5 Å². The minimum atomic E-state index is 1.00. The van der Waals surface area contributed by atoms with Gasteiger partial charge in [-0.15, -0.1) is 13.2 Å². The molecule has 0 aliphatic heterocycles. The van der Waals surface area contributed by atoms with Gasteiger partial charge in [0.15, 0.2) is 0 Å². The molecule has 0 radical (unpaired) electrons. The number of benzene rings is 1. The molecule has 1 aliphatic rings. The second-order valence-corrected chi connectivity index (χ2v) is 3.63. The zero-order chi connectivity index (χ0) is 11.7. The summed E-state index contributed by atoms with van der Waals surface area (Å²) in [6.45, 7) is 8.14. The van der Waals surface area contributed by atoms with Gasteiger partial charge >= 0.3 is 0 Å². The van der Waals surface area contributed by atoms with Crippen molar-refractivity contribution in [2.24, 2.45) is 5.92 Å². The van der Waals surface area contributed by atoms with E-state index in [2.05, 4.69) is 44.3 Å². The Kier molecular flexibility index (Phi) is 7.65. The smallest absolute Gasteiger partial charge is 0.0319 e. The van der Waals surface area contributed by atoms with Crippen LogP contribution in [0.3, 0.4) is 0 Å². The summed E-state index contributed by atoms with van der Waals surface area (Å²) >= 11 is 0. The minimum Gasteiger partial charge on any atom is -0.400 e. The Morgan fingerprint density at radius 1 is 1.13 bits per heavy atom. The molecule has 1 aromatic rings. The molecule has 0 amide bonds. The second kappa shape index (κ2) is 8.25. The molecular weight excluding hydrogens is 184 g/mol. The lowest BCUT2D eigenvalue weighted by Crippen LogP contribution is -1.85. The molecule has 0 atom stereocenters. The van der Waals surface area contributed by atoms with E-state index in [1.165, 1.54) is 30.4 Å². The molecule has 0 aromatic heterocycles. The summed E-state index contributed by atoms with van der Waals surface area (Å²) in [7, 11) is 1.00. The van der Waals surface area contributed by atoms with Crippen LogP contribution in [0, 0.1) is 12.8 Å². The molecule has 0 heterocycles. The fourth-order valence-electron chi connectivity index (χ4n) is 1.38. The van der Waals surface area contributed by atoms with Gasteiger partial charge in [0.2, 0.25) is 0 Å². The van der Waals surface area contributed by atoms with Crippen molar-refractivity contribution in [1.82, 2.24) is 0 Å². The molecule has 1 saturated carbocycles. The van der Waals surface area contributed by atoms with Gasteiger partial charge in [-0.1, -0.05) is 29.8 Å². The Morgan fingerprint density at radius 2 is 1.60 bits per heavy atom. The van der Waals surface area contributed by atoms with E-state index in [9.17, 15) is 0 Å². The van der Waals surface area contributed by atoms with Crippen LogP contribution in [0.25, 0.3) is 0 Å². The highest BCUT2D eigenvalue weighted by Gasteiger charge is 2.20. The van der Waals surface area contributed by atoms with Gasteiger partial charge in [-0.2, -0.15) is 0 Å². The van der Waals surface area contributed by atoms with Crippen molar-refractivity contribution < 1.29 is 5.11 Å². The molecule has 1 aliphatic carbocycles. The van der Waals surface area contributed by atoms with Gasteiger partial charge in [0.25, 0.3) is 0 Å². The fourth-order valence-corrected chi connectivity index (χ4v) is 1.38. The van der Waals surface area contributed by atoms with E-state index >= 15 is 0 Å². The number of hydrogen-bond donors (Lipinski definition) is 1. The molecule has 0 saturated heterocycles. The molecule has 15 heavy (non-hydrogen) atoms. The number of aliphatic hydroxyl groups is 1. The molecule has 1 aromatic carbocycles. The average molecular weight is 206 g/mol. The van der Waals surface area contributed by atoms with Crippen molar-refractivity contribution in [2.75, 3.05) is 7.11 Å². The van der Waals surface area contributed by atoms with Crippen LogP contribution in [0.1, 0.15) is 24.0 Å². The maximum Gasteiger partial charge on any atom is 0.0319 e. The van der Waals surface area contributed by atoms with E-state index in [-0.39, 0.29) is 0 Å². The van der Waals surface area contributed by atoms with Gasteiger partial charge in [-0.25, -0.2) is 0 Å². The van der Waals surface area contributed by atoms with E-state index in [0.29, 0.717) is 0 Å². The molecule has 1 N–H and O–H groups in total. The van der Waals surface area contributed by atoms with Gasteiger partial charge in [-0.3, -0.25) is 0 Å². The quantitative estimate of drug-likeness (QED) is 0.736. The first kappa shape index (κ1) is 13.9. The highest BCUT2D eigenvalue weighted by atomic mass is 16.2. The van der Waals surface area contributed by atoms with Gasteiger partial charge in [0, 0.05) is 7.11 Å². The van der Waals surface area contributed by atoms with Crippen molar-refractivity contribution in [3.05, 3.63) is 48.6 Å². The summed E-state index contributed by atoms with van der Waals surface area (Å²) in [4.78, 5) is 0. The van der Waals surface area contributed by atoms with E-state index in [4.69, 9.17) is 5.11 Å². The maximum absolute atomic E-state index is 7.00. The molecular formula is C14H22O. The first-order valence-corrected chi connectivity index (χ1v) is 5.35. The largest absolute Gasteiger partial charge is 0.400 e. The lowest BCUT2D eigenvalue weighted by Gasteiger charge is -1.98. The molecule has 1 fully saturated rings. The monoisotopic (exact) mass is 206 g/mol. The van der Waals surface area contributed by atoms with Crippen molar-refractivity contribution in [3.8, 4) is 0 Å². The Balaban J connectivity index is 0.000000442. The van der Waals surface area contributed by atoms with E-state index < -0.39 is 0 Å². The zero-order valence-electron chi connectivity index (χ0n) is 9.87. The van der Waals surface area contributed by atoms with Gasteiger partial charge < -0.3 is 5.11 Å². The molecule has 0 spiro atoms. The summed E-state index contributed by atoms with van der Waals surface area (Å²) in [5, 5.41) is 7.00. The number of hydrogen-bond acceptors (Lipinski definition) is 1. The van der Waals surface area contributed by atoms with Crippen molar-refractivity contribution in [2.45, 2.75) is 26.2 Å². The van der Waals surface area contributed by atoms with Crippen LogP contribution >= 0.6 is 0 Å². The third-order valence-electron chi connectivity index (χ3n) is 2.34. The van der Waals surface area contributed by atoms with E-state index in [0.717, 1.165) is 13.0 Å². The first-order valence-electron chi connectivity index (χ1n) is 5.35. The third kappa shape index (κ3) is 6.08. The highest BCUT2D eigenvalue weighted by molar-refractivity contribution is 5.22. The highest BCUT2D eigenvalue weighted by Crippen LogP contribution is 2.32. The predicted molar refractivity (Wildman–Crippen MR) is 67.0 cm³/mol. The van der Waals surface area contributed by atoms with Crippen LogP contribution in [0.15, 0.2) is 37.4 Å².